The monoisotopic (exact) mass is 273 g/mol. The van der Waals surface area contributed by atoms with E-state index in [1.807, 2.05) is 0 Å². The molecule has 2 aliphatic rings. The van der Waals surface area contributed by atoms with Crippen LogP contribution >= 0.6 is 0 Å². The lowest BCUT2D eigenvalue weighted by Crippen LogP contribution is -2.54. The number of hydrogen-bond donors (Lipinski definition) is 0. The number of fused-ring (bicyclic) bond motifs is 3. The standard InChI is InChI=1S/C18H27NO/c1-17(2,3)15-11-13-12-9-7-8-10-14(12)20-16(13)19(15)18(4,5)6/h7-10,13,15-16H,11H2,1-6H3. The Balaban J connectivity index is 2.01. The highest BCUT2D eigenvalue weighted by Gasteiger charge is 2.54. The smallest absolute Gasteiger partial charge is 0.160 e. The Morgan fingerprint density at radius 2 is 1.70 bits per heavy atom. The molecule has 0 aromatic heterocycles. The lowest BCUT2D eigenvalue weighted by molar-refractivity contribution is -0.0472. The second-order valence-corrected chi connectivity index (χ2v) is 8.35. The van der Waals surface area contributed by atoms with Crippen molar-refractivity contribution in [3.63, 3.8) is 0 Å². The fourth-order valence-corrected chi connectivity index (χ4v) is 3.91. The first kappa shape index (κ1) is 13.9. The van der Waals surface area contributed by atoms with E-state index in [2.05, 4.69) is 70.7 Å². The van der Waals surface area contributed by atoms with Gasteiger partial charge in [-0.3, -0.25) is 4.90 Å². The van der Waals surface area contributed by atoms with E-state index in [0.29, 0.717) is 12.0 Å². The number of para-hydroxylation sites is 1. The van der Waals surface area contributed by atoms with Gasteiger partial charge in [0.05, 0.1) is 0 Å². The maximum Gasteiger partial charge on any atom is 0.160 e. The number of benzene rings is 1. The van der Waals surface area contributed by atoms with Gasteiger partial charge in [-0.2, -0.15) is 0 Å². The zero-order valence-corrected chi connectivity index (χ0v) is 13.6. The molecule has 0 aliphatic carbocycles. The molecule has 1 aromatic carbocycles. The lowest BCUT2D eigenvalue weighted by atomic mass is 9.81. The molecule has 3 unspecified atom stereocenters. The normalized spacial score (nSPS) is 30.0. The van der Waals surface area contributed by atoms with Crippen LogP contribution in [0.4, 0.5) is 0 Å². The topological polar surface area (TPSA) is 12.5 Å². The molecule has 0 amide bonds. The van der Waals surface area contributed by atoms with Crippen molar-refractivity contribution in [3.8, 4) is 5.75 Å². The van der Waals surface area contributed by atoms with E-state index in [0.717, 1.165) is 5.75 Å². The Kier molecular flexibility index (Phi) is 2.95. The van der Waals surface area contributed by atoms with Crippen LogP contribution in [0.1, 0.15) is 59.4 Å². The minimum absolute atomic E-state index is 0.124. The number of ether oxygens (including phenoxy) is 1. The fourth-order valence-electron chi connectivity index (χ4n) is 3.91. The van der Waals surface area contributed by atoms with E-state index in [-0.39, 0.29) is 17.2 Å². The molecule has 1 fully saturated rings. The SMILES string of the molecule is CC(C)(C)C1CC2c3ccccc3OC2N1C(C)(C)C. The van der Waals surface area contributed by atoms with Crippen LogP contribution in [0.3, 0.4) is 0 Å². The third-order valence-electron chi connectivity index (χ3n) is 4.77. The maximum absolute atomic E-state index is 6.32. The molecule has 0 radical (unpaired) electrons. The van der Waals surface area contributed by atoms with E-state index in [1.165, 1.54) is 12.0 Å². The molecule has 0 saturated carbocycles. The first-order chi connectivity index (χ1) is 9.19. The van der Waals surface area contributed by atoms with Crippen molar-refractivity contribution in [1.29, 1.82) is 0 Å². The number of hydrogen-bond acceptors (Lipinski definition) is 2. The van der Waals surface area contributed by atoms with Gasteiger partial charge in [0.1, 0.15) is 5.75 Å². The molecule has 20 heavy (non-hydrogen) atoms. The fraction of sp³-hybridized carbons (Fsp3) is 0.667. The molecule has 2 nitrogen and oxygen atoms in total. The van der Waals surface area contributed by atoms with E-state index in [1.54, 1.807) is 0 Å². The van der Waals surface area contributed by atoms with Gasteiger partial charge in [0.2, 0.25) is 0 Å². The second kappa shape index (κ2) is 4.24. The summed E-state index contributed by atoms with van der Waals surface area (Å²) in [5, 5.41) is 0. The van der Waals surface area contributed by atoms with Gasteiger partial charge in [-0.15, -0.1) is 0 Å². The van der Waals surface area contributed by atoms with E-state index >= 15 is 0 Å². The third-order valence-corrected chi connectivity index (χ3v) is 4.77. The van der Waals surface area contributed by atoms with Gasteiger partial charge >= 0.3 is 0 Å². The molecule has 0 bridgehead atoms. The van der Waals surface area contributed by atoms with Gasteiger partial charge < -0.3 is 4.74 Å². The molecule has 3 atom stereocenters. The van der Waals surface area contributed by atoms with Crippen molar-refractivity contribution in [2.24, 2.45) is 5.41 Å². The zero-order valence-electron chi connectivity index (χ0n) is 13.6. The van der Waals surface area contributed by atoms with Crippen LogP contribution in [0.5, 0.6) is 5.75 Å². The number of rotatable bonds is 0. The molecule has 1 saturated heterocycles. The average Bonchev–Trinajstić information content (AvgIpc) is 2.81. The van der Waals surface area contributed by atoms with Crippen LogP contribution < -0.4 is 4.74 Å². The summed E-state index contributed by atoms with van der Waals surface area (Å²) in [5.74, 6) is 1.61. The molecular formula is C18H27NO. The highest BCUT2D eigenvalue weighted by molar-refractivity contribution is 5.42. The van der Waals surface area contributed by atoms with Crippen LogP contribution in [0.25, 0.3) is 0 Å². The van der Waals surface area contributed by atoms with Gasteiger partial charge in [-0.05, 0) is 38.7 Å². The molecule has 2 heteroatoms. The van der Waals surface area contributed by atoms with Crippen molar-refractivity contribution in [3.05, 3.63) is 29.8 Å². The zero-order chi connectivity index (χ0) is 14.7. The summed E-state index contributed by atoms with van der Waals surface area (Å²) in [6, 6.07) is 9.12. The summed E-state index contributed by atoms with van der Waals surface area (Å²) in [5.41, 5.74) is 1.80. The molecule has 3 rings (SSSR count). The van der Waals surface area contributed by atoms with Crippen LogP contribution in [-0.2, 0) is 0 Å². The summed E-state index contributed by atoms with van der Waals surface area (Å²) < 4.78 is 6.32. The van der Waals surface area contributed by atoms with Crippen LogP contribution in [0.15, 0.2) is 24.3 Å². The molecular weight excluding hydrogens is 246 g/mol. The molecule has 0 spiro atoms. The van der Waals surface area contributed by atoms with Gasteiger partial charge in [-0.25, -0.2) is 0 Å². The molecule has 110 valence electrons. The van der Waals surface area contributed by atoms with Crippen molar-refractivity contribution in [2.45, 2.75) is 71.7 Å². The molecule has 0 N–H and O–H groups in total. The Hall–Kier alpha value is -1.02. The van der Waals surface area contributed by atoms with Crippen LogP contribution in [0, 0.1) is 5.41 Å². The predicted octanol–water partition coefficient (Wildman–Crippen LogP) is 4.41. The lowest BCUT2D eigenvalue weighted by Gasteiger charge is -2.45. The van der Waals surface area contributed by atoms with Gasteiger partial charge in [-0.1, -0.05) is 39.0 Å². The molecule has 2 aliphatic heterocycles. The summed E-state index contributed by atoms with van der Waals surface area (Å²) in [6.45, 7) is 14.0. The number of nitrogens with zero attached hydrogens (tertiary/aromatic N) is 1. The van der Waals surface area contributed by atoms with E-state index in [9.17, 15) is 0 Å². The number of likely N-dealkylation sites (tertiary alicyclic amines) is 1. The van der Waals surface area contributed by atoms with Crippen LogP contribution in [-0.4, -0.2) is 22.7 Å². The van der Waals surface area contributed by atoms with Crippen LogP contribution in [0.2, 0.25) is 0 Å². The predicted molar refractivity (Wildman–Crippen MR) is 83.1 cm³/mol. The third kappa shape index (κ3) is 2.05. The minimum atomic E-state index is 0.124. The van der Waals surface area contributed by atoms with Gasteiger partial charge in [0.25, 0.3) is 0 Å². The van der Waals surface area contributed by atoms with E-state index < -0.39 is 0 Å². The molecule has 1 aromatic rings. The van der Waals surface area contributed by atoms with Gasteiger partial charge in [0.15, 0.2) is 6.23 Å². The first-order valence-electron chi connectivity index (χ1n) is 7.73. The summed E-state index contributed by atoms with van der Waals surface area (Å²) >= 11 is 0. The highest BCUT2D eigenvalue weighted by Crippen LogP contribution is 2.52. The Morgan fingerprint density at radius 1 is 1.05 bits per heavy atom. The minimum Gasteiger partial charge on any atom is -0.474 e. The quantitative estimate of drug-likeness (QED) is 0.694. The highest BCUT2D eigenvalue weighted by atomic mass is 16.5. The maximum atomic E-state index is 6.32. The first-order valence-corrected chi connectivity index (χ1v) is 7.73. The summed E-state index contributed by atoms with van der Waals surface area (Å²) in [7, 11) is 0. The summed E-state index contributed by atoms with van der Waals surface area (Å²) in [4.78, 5) is 2.61. The second-order valence-electron chi connectivity index (χ2n) is 8.35. The largest absolute Gasteiger partial charge is 0.474 e. The van der Waals surface area contributed by atoms with Gasteiger partial charge in [0, 0.05) is 23.1 Å². The van der Waals surface area contributed by atoms with E-state index in [4.69, 9.17) is 4.74 Å². The molecule has 2 heterocycles. The Labute approximate surface area is 123 Å². The summed E-state index contributed by atoms with van der Waals surface area (Å²) in [6.07, 6.45) is 1.40. The van der Waals surface area contributed by atoms with Crippen molar-refractivity contribution < 1.29 is 4.74 Å². The Morgan fingerprint density at radius 3 is 2.30 bits per heavy atom. The Bertz CT molecular complexity index is 509. The van der Waals surface area contributed by atoms with Crippen molar-refractivity contribution in [2.75, 3.05) is 0 Å². The average molecular weight is 273 g/mol. The van der Waals surface area contributed by atoms with Crippen molar-refractivity contribution >= 4 is 0 Å². The van der Waals surface area contributed by atoms with Crippen molar-refractivity contribution in [1.82, 2.24) is 4.90 Å².